The van der Waals surface area contributed by atoms with Crippen molar-refractivity contribution in [3.8, 4) is 0 Å². The van der Waals surface area contributed by atoms with E-state index >= 15 is 0 Å². The first-order valence-electron chi connectivity index (χ1n) is 9.34. The molecule has 140 valence electrons. The largest absolute Gasteiger partial charge is 0.368 e. The number of piperazine rings is 1. The highest BCUT2D eigenvalue weighted by molar-refractivity contribution is 5.93. The minimum atomic E-state index is -0.229. The molecule has 3 rings (SSSR count). The van der Waals surface area contributed by atoms with Gasteiger partial charge in [0.25, 0.3) is 5.91 Å². The maximum atomic E-state index is 13.1. The highest BCUT2D eigenvalue weighted by Gasteiger charge is 2.25. The van der Waals surface area contributed by atoms with Crippen LogP contribution < -0.4 is 4.90 Å². The summed E-state index contributed by atoms with van der Waals surface area (Å²) in [5, 5.41) is 4.58. The van der Waals surface area contributed by atoms with Gasteiger partial charge >= 0.3 is 0 Å². The number of hydrogen-bond donors (Lipinski definition) is 0. The number of anilines is 1. The molecule has 1 aromatic heterocycles. The lowest BCUT2D eigenvalue weighted by Crippen LogP contribution is -2.49. The average Bonchev–Trinajstić information content (AvgIpc) is 3.04. The van der Waals surface area contributed by atoms with Crippen molar-refractivity contribution < 1.29 is 9.18 Å². The predicted octanol–water partition coefficient (Wildman–Crippen LogP) is 3.20. The number of amides is 1. The standard InChI is InChI=1S/C20H27FN4O/c1-4-25-19(14-17(22-25)13-15(2)3)20(26)24-11-9-23(10-12-24)18-7-5-16(21)6-8-18/h5-8,14-15H,4,9-13H2,1-3H3. The molecule has 0 atom stereocenters. The number of rotatable bonds is 5. The first-order chi connectivity index (χ1) is 12.5. The van der Waals surface area contributed by atoms with E-state index in [0.29, 0.717) is 31.2 Å². The van der Waals surface area contributed by atoms with Crippen molar-refractivity contribution in [1.29, 1.82) is 0 Å². The Labute approximate surface area is 154 Å². The summed E-state index contributed by atoms with van der Waals surface area (Å²) in [6.07, 6.45) is 0.881. The van der Waals surface area contributed by atoms with Gasteiger partial charge < -0.3 is 9.80 Å². The number of hydrogen-bond acceptors (Lipinski definition) is 3. The zero-order valence-corrected chi connectivity index (χ0v) is 15.8. The van der Waals surface area contributed by atoms with Gasteiger partial charge in [0.2, 0.25) is 0 Å². The van der Waals surface area contributed by atoms with E-state index in [0.717, 1.165) is 30.9 Å². The van der Waals surface area contributed by atoms with Crippen LogP contribution in [0.5, 0.6) is 0 Å². The minimum absolute atomic E-state index is 0.0492. The molecule has 1 aromatic carbocycles. The second-order valence-electron chi connectivity index (χ2n) is 7.19. The zero-order chi connectivity index (χ0) is 18.7. The summed E-state index contributed by atoms with van der Waals surface area (Å²) in [7, 11) is 0. The third-order valence-corrected chi connectivity index (χ3v) is 4.73. The van der Waals surface area contributed by atoms with Crippen molar-refractivity contribution in [2.24, 2.45) is 5.92 Å². The van der Waals surface area contributed by atoms with Crippen LogP contribution in [0.15, 0.2) is 30.3 Å². The van der Waals surface area contributed by atoms with Crippen LogP contribution in [0, 0.1) is 11.7 Å². The molecule has 0 unspecified atom stereocenters. The summed E-state index contributed by atoms with van der Waals surface area (Å²) in [6.45, 7) is 9.81. The first-order valence-corrected chi connectivity index (χ1v) is 9.34. The molecule has 5 nitrogen and oxygen atoms in total. The van der Waals surface area contributed by atoms with Crippen LogP contribution in [0.1, 0.15) is 37.0 Å². The Morgan fingerprint density at radius 2 is 1.81 bits per heavy atom. The molecule has 0 saturated carbocycles. The molecule has 1 amide bonds. The molecule has 1 aliphatic rings. The molecule has 0 bridgehead atoms. The van der Waals surface area contributed by atoms with Crippen LogP contribution in [-0.4, -0.2) is 46.8 Å². The molecule has 0 N–H and O–H groups in total. The van der Waals surface area contributed by atoms with Gasteiger partial charge in [-0.2, -0.15) is 5.10 Å². The summed E-state index contributed by atoms with van der Waals surface area (Å²) >= 11 is 0. The molecule has 1 aliphatic heterocycles. The van der Waals surface area contributed by atoms with E-state index in [4.69, 9.17) is 0 Å². The van der Waals surface area contributed by atoms with Gasteiger partial charge in [-0.15, -0.1) is 0 Å². The van der Waals surface area contributed by atoms with Crippen LogP contribution in [0.2, 0.25) is 0 Å². The van der Waals surface area contributed by atoms with Gasteiger partial charge in [-0.3, -0.25) is 9.48 Å². The number of carbonyl (C=O) groups excluding carboxylic acids is 1. The summed E-state index contributed by atoms with van der Waals surface area (Å²) in [5.41, 5.74) is 2.66. The second kappa shape index (κ2) is 7.89. The SMILES string of the molecule is CCn1nc(CC(C)C)cc1C(=O)N1CCN(c2ccc(F)cc2)CC1. The maximum absolute atomic E-state index is 13.1. The van der Waals surface area contributed by atoms with E-state index in [1.165, 1.54) is 12.1 Å². The summed E-state index contributed by atoms with van der Waals surface area (Å²) < 4.78 is 14.9. The highest BCUT2D eigenvalue weighted by atomic mass is 19.1. The average molecular weight is 358 g/mol. The predicted molar refractivity (Wildman–Crippen MR) is 101 cm³/mol. The number of carbonyl (C=O) groups is 1. The lowest BCUT2D eigenvalue weighted by Gasteiger charge is -2.36. The minimum Gasteiger partial charge on any atom is -0.368 e. The molecule has 2 aromatic rings. The highest BCUT2D eigenvalue weighted by Crippen LogP contribution is 2.19. The summed E-state index contributed by atoms with van der Waals surface area (Å²) in [4.78, 5) is 17.0. The van der Waals surface area contributed by atoms with Gasteiger partial charge in [-0.1, -0.05) is 13.8 Å². The molecular weight excluding hydrogens is 331 g/mol. The smallest absolute Gasteiger partial charge is 0.272 e. The van der Waals surface area contributed by atoms with E-state index in [1.54, 1.807) is 12.1 Å². The monoisotopic (exact) mass is 358 g/mol. The van der Waals surface area contributed by atoms with Crippen LogP contribution >= 0.6 is 0 Å². The Morgan fingerprint density at radius 1 is 1.15 bits per heavy atom. The normalized spacial score (nSPS) is 15.0. The van der Waals surface area contributed by atoms with Crippen molar-refractivity contribution in [2.45, 2.75) is 33.7 Å². The maximum Gasteiger partial charge on any atom is 0.272 e. The van der Waals surface area contributed by atoms with Gasteiger partial charge in [0.1, 0.15) is 11.5 Å². The molecule has 26 heavy (non-hydrogen) atoms. The van der Waals surface area contributed by atoms with Crippen LogP contribution in [0.3, 0.4) is 0 Å². The van der Waals surface area contributed by atoms with Crippen LogP contribution in [-0.2, 0) is 13.0 Å². The molecule has 1 fully saturated rings. The fraction of sp³-hybridized carbons (Fsp3) is 0.500. The van der Waals surface area contributed by atoms with Gasteiger partial charge in [0.05, 0.1) is 5.69 Å². The fourth-order valence-corrected chi connectivity index (χ4v) is 3.38. The zero-order valence-electron chi connectivity index (χ0n) is 15.8. The Bertz CT molecular complexity index is 746. The number of aryl methyl sites for hydroxylation is 1. The van der Waals surface area contributed by atoms with E-state index in [2.05, 4.69) is 23.8 Å². The first kappa shape index (κ1) is 18.4. The number of aromatic nitrogens is 2. The van der Waals surface area contributed by atoms with Crippen molar-refractivity contribution in [1.82, 2.24) is 14.7 Å². The third kappa shape index (κ3) is 4.06. The van der Waals surface area contributed by atoms with Crippen LogP contribution in [0.25, 0.3) is 0 Å². The second-order valence-corrected chi connectivity index (χ2v) is 7.19. The number of nitrogens with zero attached hydrogens (tertiary/aromatic N) is 4. The summed E-state index contributed by atoms with van der Waals surface area (Å²) in [5.74, 6) is 0.332. The van der Waals surface area contributed by atoms with Gasteiger partial charge in [0, 0.05) is 38.4 Å². The van der Waals surface area contributed by atoms with Crippen molar-refractivity contribution in [3.63, 3.8) is 0 Å². The molecule has 0 aliphatic carbocycles. The molecule has 0 radical (unpaired) electrons. The number of halogens is 1. The van der Waals surface area contributed by atoms with Crippen molar-refractivity contribution >= 4 is 11.6 Å². The molecular formula is C20H27FN4O. The Hall–Kier alpha value is -2.37. The molecule has 6 heteroatoms. The van der Waals surface area contributed by atoms with E-state index in [-0.39, 0.29) is 11.7 Å². The fourth-order valence-electron chi connectivity index (χ4n) is 3.38. The lowest BCUT2D eigenvalue weighted by molar-refractivity contribution is 0.0734. The Kier molecular flexibility index (Phi) is 5.59. The summed E-state index contributed by atoms with van der Waals surface area (Å²) in [6, 6.07) is 8.47. The Balaban J connectivity index is 1.66. The van der Waals surface area contributed by atoms with Crippen molar-refractivity contribution in [3.05, 3.63) is 47.5 Å². The molecule has 0 spiro atoms. The Morgan fingerprint density at radius 3 is 2.38 bits per heavy atom. The number of benzene rings is 1. The van der Waals surface area contributed by atoms with Crippen molar-refractivity contribution in [2.75, 3.05) is 31.1 Å². The van der Waals surface area contributed by atoms with Gasteiger partial charge in [-0.25, -0.2) is 4.39 Å². The third-order valence-electron chi connectivity index (χ3n) is 4.73. The van der Waals surface area contributed by atoms with E-state index < -0.39 is 0 Å². The van der Waals surface area contributed by atoms with E-state index in [1.807, 2.05) is 22.6 Å². The van der Waals surface area contributed by atoms with Gasteiger partial charge in [-0.05, 0) is 49.6 Å². The quantitative estimate of drug-likeness (QED) is 0.824. The molecule has 2 heterocycles. The van der Waals surface area contributed by atoms with Gasteiger partial charge in [0.15, 0.2) is 0 Å². The topological polar surface area (TPSA) is 41.4 Å². The lowest BCUT2D eigenvalue weighted by atomic mass is 10.1. The van der Waals surface area contributed by atoms with Crippen LogP contribution in [0.4, 0.5) is 10.1 Å². The molecule has 1 saturated heterocycles. The van der Waals surface area contributed by atoms with E-state index in [9.17, 15) is 9.18 Å².